The monoisotopic (exact) mass is 302 g/mol. The first-order chi connectivity index (χ1) is 9.20. The van der Waals surface area contributed by atoms with E-state index in [4.69, 9.17) is 5.73 Å². The average molecular weight is 302 g/mol. The molecular formula is C13H19FN2O3S. The van der Waals surface area contributed by atoms with Gasteiger partial charge >= 0.3 is 0 Å². The number of aryl methyl sites for hydroxylation is 1. The van der Waals surface area contributed by atoms with Crippen molar-refractivity contribution < 1.29 is 17.6 Å². The number of carbonyl (C=O) groups is 1. The number of nitrogens with one attached hydrogen (secondary N) is 1. The van der Waals surface area contributed by atoms with E-state index in [-0.39, 0.29) is 18.4 Å². The summed E-state index contributed by atoms with van der Waals surface area (Å²) >= 11 is 0. The predicted molar refractivity (Wildman–Crippen MR) is 74.0 cm³/mol. The predicted octanol–water partition coefficient (Wildman–Crippen LogP) is 1.46. The summed E-state index contributed by atoms with van der Waals surface area (Å²) in [6.07, 6.45) is 0.372. The van der Waals surface area contributed by atoms with Gasteiger partial charge in [-0.15, -0.1) is 0 Å². The Bertz CT molecular complexity index is 590. The molecule has 0 saturated heterocycles. The summed E-state index contributed by atoms with van der Waals surface area (Å²) in [6.45, 7) is 4.78. The lowest BCUT2D eigenvalue weighted by Gasteiger charge is -2.29. The van der Waals surface area contributed by atoms with Crippen LogP contribution in [0.15, 0.2) is 23.1 Å². The van der Waals surface area contributed by atoms with E-state index in [9.17, 15) is 17.6 Å². The molecule has 0 atom stereocenters. The first-order valence-electron chi connectivity index (χ1n) is 6.29. The molecule has 0 spiro atoms. The van der Waals surface area contributed by atoms with Crippen molar-refractivity contribution in [2.45, 2.75) is 44.0 Å². The van der Waals surface area contributed by atoms with Crippen LogP contribution < -0.4 is 10.5 Å². The van der Waals surface area contributed by atoms with Gasteiger partial charge in [0.15, 0.2) is 0 Å². The van der Waals surface area contributed by atoms with Crippen LogP contribution in [0.4, 0.5) is 4.39 Å². The number of nitrogens with two attached hydrogens (primary N) is 1. The zero-order chi connectivity index (χ0) is 15.6. The highest BCUT2D eigenvalue weighted by atomic mass is 32.2. The third-order valence-corrected chi connectivity index (χ3v) is 5.15. The summed E-state index contributed by atoms with van der Waals surface area (Å²) in [6, 6.07) is 3.97. The van der Waals surface area contributed by atoms with Gasteiger partial charge in [-0.05, 0) is 31.4 Å². The smallest absolute Gasteiger partial charge is 0.244 e. The molecule has 0 aliphatic carbocycles. The van der Waals surface area contributed by atoms with E-state index in [1.807, 2.05) is 0 Å². The van der Waals surface area contributed by atoms with Crippen molar-refractivity contribution in [3.05, 3.63) is 29.6 Å². The maximum atomic E-state index is 13.8. The number of benzene rings is 1. The Kier molecular flexibility index (Phi) is 4.88. The third-order valence-electron chi connectivity index (χ3n) is 3.44. The van der Waals surface area contributed by atoms with Crippen LogP contribution in [0, 0.1) is 12.7 Å². The Morgan fingerprint density at radius 1 is 1.35 bits per heavy atom. The fourth-order valence-corrected chi connectivity index (χ4v) is 3.88. The van der Waals surface area contributed by atoms with Gasteiger partial charge < -0.3 is 5.73 Å². The number of rotatable bonds is 6. The molecule has 1 rings (SSSR count). The lowest BCUT2D eigenvalue weighted by molar-refractivity contribution is -0.124. The molecule has 0 unspecified atom stereocenters. The summed E-state index contributed by atoms with van der Waals surface area (Å²) in [5.74, 6) is -1.64. The Hall–Kier alpha value is -1.47. The second-order valence-electron chi connectivity index (χ2n) is 4.64. The van der Waals surface area contributed by atoms with Crippen LogP contribution in [0.1, 0.15) is 32.3 Å². The molecule has 1 amide bonds. The maximum absolute atomic E-state index is 13.8. The maximum Gasteiger partial charge on any atom is 0.244 e. The summed E-state index contributed by atoms with van der Waals surface area (Å²) in [4.78, 5) is 11.1. The minimum absolute atomic E-state index is 0.186. The average Bonchev–Trinajstić information content (AvgIpc) is 2.35. The summed E-state index contributed by atoms with van der Waals surface area (Å²) in [5.41, 5.74) is 4.15. The largest absolute Gasteiger partial charge is 0.368 e. The van der Waals surface area contributed by atoms with Crippen LogP contribution >= 0.6 is 0 Å². The van der Waals surface area contributed by atoms with Gasteiger partial charge in [-0.3, -0.25) is 4.79 Å². The number of sulfonamides is 1. The highest BCUT2D eigenvalue weighted by Gasteiger charge is 2.38. The molecule has 7 heteroatoms. The zero-order valence-corrected chi connectivity index (χ0v) is 12.6. The minimum atomic E-state index is -4.17. The van der Waals surface area contributed by atoms with Crippen molar-refractivity contribution in [3.8, 4) is 0 Å². The normalized spacial score (nSPS) is 12.4. The Balaban J connectivity index is 3.35. The molecule has 3 N–H and O–H groups in total. The molecular weight excluding hydrogens is 283 g/mol. The SMILES string of the molecule is CCC(CC)(NS(=O)(=O)c1c(C)cccc1F)C(N)=O. The highest BCUT2D eigenvalue weighted by molar-refractivity contribution is 7.89. The number of amides is 1. The molecule has 0 aliphatic rings. The van der Waals surface area contributed by atoms with E-state index in [2.05, 4.69) is 4.72 Å². The van der Waals surface area contributed by atoms with Gasteiger partial charge in [0.05, 0.1) is 0 Å². The molecule has 0 fully saturated rings. The van der Waals surface area contributed by atoms with Crippen LogP contribution in [0.5, 0.6) is 0 Å². The van der Waals surface area contributed by atoms with Crippen LogP contribution in [-0.2, 0) is 14.8 Å². The van der Waals surface area contributed by atoms with Crippen molar-refractivity contribution in [2.24, 2.45) is 5.73 Å². The molecule has 0 radical (unpaired) electrons. The summed E-state index contributed by atoms with van der Waals surface area (Å²) in [7, 11) is -4.17. The first kappa shape index (κ1) is 16.6. The Labute approximate surface area is 118 Å². The van der Waals surface area contributed by atoms with Crippen LogP contribution in [-0.4, -0.2) is 19.9 Å². The minimum Gasteiger partial charge on any atom is -0.368 e. The number of hydrogen-bond donors (Lipinski definition) is 2. The van der Waals surface area contributed by atoms with Crippen molar-refractivity contribution in [3.63, 3.8) is 0 Å². The number of hydrogen-bond acceptors (Lipinski definition) is 3. The Morgan fingerprint density at radius 2 is 1.90 bits per heavy atom. The van der Waals surface area contributed by atoms with E-state index in [0.717, 1.165) is 6.07 Å². The van der Waals surface area contributed by atoms with Crippen molar-refractivity contribution in [1.29, 1.82) is 0 Å². The van der Waals surface area contributed by atoms with Crippen molar-refractivity contribution in [2.75, 3.05) is 0 Å². The molecule has 0 saturated carbocycles. The van der Waals surface area contributed by atoms with Gasteiger partial charge in [-0.1, -0.05) is 26.0 Å². The van der Waals surface area contributed by atoms with Crippen LogP contribution in [0.25, 0.3) is 0 Å². The van der Waals surface area contributed by atoms with Crippen molar-refractivity contribution >= 4 is 15.9 Å². The van der Waals surface area contributed by atoms with Crippen LogP contribution in [0.3, 0.4) is 0 Å². The van der Waals surface area contributed by atoms with Gasteiger partial charge in [0.2, 0.25) is 15.9 Å². The number of carbonyl (C=O) groups excluding carboxylic acids is 1. The number of primary amides is 1. The summed E-state index contributed by atoms with van der Waals surface area (Å²) in [5, 5.41) is 0. The van der Waals surface area contributed by atoms with E-state index in [1.165, 1.54) is 19.1 Å². The molecule has 0 aliphatic heterocycles. The molecule has 112 valence electrons. The molecule has 1 aromatic rings. The molecule has 0 heterocycles. The van der Waals surface area contributed by atoms with E-state index in [0.29, 0.717) is 0 Å². The molecule has 0 bridgehead atoms. The molecule has 5 nitrogen and oxygen atoms in total. The lowest BCUT2D eigenvalue weighted by atomic mass is 9.94. The fourth-order valence-electron chi connectivity index (χ4n) is 2.06. The van der Waals surface area contributed by atoms with Gasteiger partial charge in [0, 0.05) is 0 Å². The van der Waals surface area contributed by atoms with Gasteiger partial charge in [-0.2, -0.15) is 4.72 Å². The first-order valence-corrected chi connectivity index (χ1v) is 7.77. The standard InChI is InChI=1S/C13H19FN2O3S/c1-4-13(5-2,12(15)17)16-20(18,19)11-9(3)7-6-8-10(11)14/h6-8,16H,4-5H2,1-3H3,(H2,15,17). The van der Waals surface area contributed by atoms with Crippen LogP contribution in [0.2, 0.25) is 0 Å². The molecule has 1 aromatic carbocycles. The van der Waals surface area contributed by atoms with E-state index < -0.39 is 32.2 Å². The topological polar surface area (TPSA) is 89.3 Å². The van der Waals surface area contributed by atoms with Gasteiger partial charge in [0.1, 0.15) is 16.3 Å². The highest BCUT2D eigenvalue weighted by Crippen LogP contribution is 2.23. The van der Waals surface area contributed by atoms with Crippen molar-refractivity contribution in [1.82, 2.24) is 4.72 Å². The second-order valence-corrected chi connectivity index (χ2v) is 6.26. The zero-order valence-electron chi connectivity index (χ0n) is 11.7. The third kappa shape index (κ3) is 2.99. The fraction of sp³-hybridized carbons (Fsp3) is 0.462. The van der Waals surface area contributed by atoms with E-state index in [1.54, 1.807) is 13.8 Å². The molecule has 0 aromatic heterocycles. The quantitative estimate of drug-likeness (QED) is 0.833. The number of halogens is 1. The second kappa shape index (κ2) is 5.88. The van der Waals surface area contributed by atoms with Gasteiger partial charge in [-0.25, -0.2) is 12.8 Å². The van der Waals surface area contributed by atoms with E-state index >= 15 is 0 Å². The van der Waals surface area contributed by atoms with Gasteiger partial charge in [0.25, 0.3) is 0 Å². The molecule has 20 heavy (non-hydrogen) atoms. The Morgan fingerprint density at radius 3 is 2.30 bits per heavy atom. The lowest BCUT2D eigenvalue weighted by Crippen LogP contribution is -2.56. The summed E-state index contributed by atoms with van der Waals surface area (Å²) < 4.78 is 40.8.